The van der Waals surface area contributed by atoms with Crippen molar-refractivity contribution >= 4 is 22.9 Å². The largest absolute Gasteiger partial charge is 0.387 e. The number of hydrogen-bond donors (Lipinski definition) is 1. The molecule has 0 fully saturated rings. The van der Waals surface area contributed by atoms with Crippen molar-refractivity contribution in [1.29, 1.82) is 0 Å². The van der Waals surface area contributed by atoms with Gasteiger partial charge in [-0.1, -0.05) is 17.8 Å². The summed E-state index contributed by atoms with van der Waals surface area (Å²) < 4.78 is 3.94. The van der Waals surface area contributed by atoms with E-state index in [2.05, 4.69) is 28.4 Å². The van der Waals surface area contributed by atoms with Crippen LogP contribution in [0.15, 0.2) is 0 Å². The average molecular weight is 283 g/mol. The molecule has 6 heteroatoms. The molecule has 0 saturated carbocycles. The lowest BCUT2D eigenvalue weighted by Gasteiger charge is -2.07. The van der Waals surface area contributed by atoms with Crippen LogP contribution >= 0.6 is 22.9 Å². The smallest absolute Gasteiger partial charge is 0.0980 e. The van der Waals surface area contributed by atoms with Crippen molar-refractivity contribution in [1.82, 2.24) is 14.6 Å². The maximum absolute atomic E-state index is 10.3. The number of hydrogen-bond acceptors (Lipinski definition) is 6. The highest BCUT2D eigenvalue weighted by Gasteiger charge is 2.18. The third kappa shape index (κ3) is 2.93. The van der Waals surface area contributed by atoms with Crippen LogP contribution < -0.4 is 0 Å². The van der Waals surface area contributed by atoms with Gasteiger partial charge in [0.25, 0.3) is 0 Å². The van der Waals surface area contributed by atoms with Crippen molar-refractivity contribution in [3.63, 3.8) is 0 Å². The third-order valence-corrected chi connectivity index (χ3v) is 4.78. The molecule has 1 N–H and O–H groups in total. The second-order valence-corrected chi connectivity index (χ2v) is 6.38. The Labute approximate surface area is 115 Å². The number of aliphatic hydroxyl groups excluding tert-OH is 1. The normalized spacial score (nSPS) is 12.9. The van der Waals surface area contributed by atoms with Gasteiger partial charge in [0, 0.05) is 11.3 Å². The SMILES string of the molecule is CCCc1nnsc1C(O)Cc1nc(C)c(C)s1. The molecule has 0 aliphatic rings. The van der Waals surface area contributed by atoms with Crippen molar-refractivity contribution in [3.05, 3.63) is 26.1 Å². The molecule has 0 spiro atoms. The number of rotatable bonds is 5. The summed E-state index contributed by atoms with van der Waals surface area (Å²) in [5.41, 5.74) is 1.98. The molecule has 1 unspecified atom stereocenters. The Balaban J connectivity index is 2.11. The zero-order valence-corrected chi connectivity index (χ0v) is 12.4. The average Bonchev–Trinajstić information content (AvgIpc) is 2.88. The van der Waals surface area contributed by atoms with E-state index in [1.807, 2.05) is 6.92 Å². The van der Waals surface area contributed by atoms with Crippen LogP contribution in [0.5, 0.6) is 0 Å². The molecular weight excluding hydrogens is 266 g/mol. The Morgan fingerprint density at radius 2 is 2.11 bits per heavy atom. The molecule has 2 heterocycles. The highest BCUT2D eigenvalue weighted by molar-refractivity contribution is 7.11. The summed E-state index contributed by atoms with van der Waals surface area (Å²) in [5, 5.41) is 15.3. The van der Waals surface area contributed by atoms with Gasteiger partial charge in [-0.05, 0) is 31.8 Å². The summed E-state index contributed by atoms with van der Waals surface area (Å²) >= 11 is 2.95. The minimum absolute atomic E-state index is 0.531. The predicted octanol–water partition coefficient (Wildman–Crippen LogP) is 2.84. The lowest BCUT2D eigenvalue weighted by atomic mass is 10.1. The van der Waals surface area contributed by atoms with E-state index in [0.717, 1.165) is 34.1 Å². The van der Waals surface area contributed by atoms with Gasteiger partial charge in [-0.2, -0.15) is 0 Å². The van der Waals surface area contributed by atoms with E-state index in [0.29, 0.717) is 6.42 Å². The first-order valence-electron chi connectivity index (χ1n) is 6.04. The Bertz CT molecular complexity index is 502. The molecule has 1 atom stereocenters. The first kappa shape index (κ1) is 13.6. The maximum Gasteiger partial charge on any atom is 0.0980 e. The summed E-state index contributed by atoms with van der Waals surface area (Å²) in [6.45, 7) is 6.15. The molecule has 0 amide bonds. The summed E-state index contributed by atoms with van der Waals surface area (Å²) in [5.74, 6) is 0. The lowest BCUT2D eigenvalue weighted by Crippen LogP contribution is -2.03. The van der Waals surface area contributed by atoms with Gasteiger partial charge in [-0.3, -0.25) is 0 Å². The van der Waals surface area contributed by atoms with E-state index in [-0.39, 0.29) is 0 Å². The van der Waals surface area contributed by atoms with E-state index in [1.165, 1.54) is 16.4 Å². The number of aliphatic hydroxyl groups is 1. The van der Waals surface area contributed by atoms with Crippen molar-refractivity contribution in [2.45, 2.75) is 46.1 Å². The molecular formula is C12H17N3OS2. The van der Waals surface area contributed by atoms with Gasteiger partial charge in [0.2, 0.25) is 0 Å². The molecule has 0 aliphatic carbocycles. The lowest BCUT2D eigenvalue weighted by molar-refractivity contribution is 0.181. The highest BCUT2D eigenvalue weighted by atomic mass is 32.1. The maximum atomic E-state index is 10.3. The van der Waals surface area contributed by atoms with Gasteiger partial charge in [0.05, 0.1) is 27.4 Å². The monoisotopic (exact) mass is 283 g/mol. The van der Waals surface area contributed by atoms with E-state index in [1.54, 1.807) is 11.3 Å². The molecule has 18 heavy (non-hydrogen) atoms. The Kier molecular flexibility index (Phi) is 4.42. The Hall–Kier alpha value is -0.850. The van der Waals surface area contributed by atoms with Crippen molar-refractivity contribution in [2.75, 3.05) is 0 Å². The topological polar surface area (TPSA) is 58.9 Å². The second-order valence-electron chi connectivity index (χ2n) is 4.30. The molecule has 0 aromatic carbocycles. The van der Waals surface area contributed by atoms with E-state index < -0.39 is 6.10 Å². The summed E-state index contributed by atoms with van der Waals surface area (Å²) in [4.78, 5) is 6.57. The number of aromatic nitrogens is 3. The van der Waals surface area contributed by atoms with E-state index >= 15 is 0 Å². The minimum Gasteiger partial charge on any atom is -0.387 e. The number of thiazole rings is 1. The number of aryl methyl sites for hydroxylation is 3. The van der Waals surface area contributed by atoms with Gasteiger partial charge >= 0.3 is 0 Å². The van der Waals surface area contributed by atoms with Crippen LogP contribution in [-0.2, 0) is 12.8 Å². The third-order valence-electron chi connectivity index (χ3n) is 2.82. The zero-order valence-electron chi connectivity index (χ0n) is 10.8. The molecule has 4 nitrogen and oxygen atoms in total. The minimum atomic E-state index is -0.531. The molecule has 0 aliphatic heterocycles. The Morgan fingerprint density at radius 3 is 2.72 bits per heavy atom. The molecule has 2 aromatic rings. The van der Waals surface area contributed by atoms with Crippen molar-refractivity contribution in [2.24, 2.45) is 0 Å². The van der Waals surface area contributed by atoms with Crippen molar-refractivity contribution in [3.8, 4) is 0 Å². The van der Waals surface area contributed by atoms with Crippen LogP contribution in [0.2, 0.25) is 0 Å². The fourth-order valence-corrected chi connectivity index (χ4v) is 3.41. The van der Waals surface area contributed by atoms with E-state index in [4.69, 9.17) is 0 Å². The van der Waals surface area contributed by atoms with Crippen LogP contribution in [0.4, 0.5) is 0 Å². The quantitative estimate of drug-likeness (QED) is 0.916. The zero-order chi connectivity index (χ0) is 13.1. The first-order chi connectivity index (χ1) is 8.61. The summed E-state index contributed by atoms with van der Waals surface area (Å²) in [7, 11) is 0. The van der Waals surface area contributed by atoms with Crippen LogP contribution in [0.25, 0.3) is 0 Å². The van der Waals surface area contributed by atoms with E-state index in [9.17, 15) is 5.11 Å². The summed E-state index contributed by atoms with van der Waals surface area (Å²) in [6, 6.07) is 0. The van der Waals surface area contributed by atoms with Crippen molar-refractivity contribution < 1.29 is 5.11 Å². The molecule has 0 saturated heterocycles. The molecule has 0 radical (unpaired) electrons. The van der Waals surface area contributed by atoms with Gasteiger partial charge < -0.3 is 5.11 Å². The second kappa shape index (κ2) is 5.86. The molecule has 0 bridgehead atoms. The fourth-order valence-electron chi connectivity index (χ4n) is 1.76. The van der Waals surface area contributed by atoms with Crippen LogP contribution in [0.3, 0.4) is 0 Å². The van der Waals surface area contributed by atoms with Crippen LogP contribution in [-0.4, -0.2) is 19.7 Å². The van der Waals surface area contributed by atoms with Crippen LogP contribution in [0, 0.1) is 13.8 Å². The first-order valence-corrected chi connectivity index (χ1v) is 7.62. The Morgan fingerprint density at radius 1 is 1.33 bits per heavy atom. The summed E-state index contributed by atoms with van der Waals surface area (Å²) in [6.07, 6.45) is 1.91. The fraction of sp³-hybridized carbons (Fsp3) is 0.583. The molecule has 2 aromatic heterocycles. The number of nitrogens with zero attached hydrogens (tertiary/aromatic N) is 3. The van der Waals surface area contributed by atoms with Gasteiger partial charge in [-0.25, -0.2) is 4.98 Å². The predicted molar refractivity (Wildman–Crippen MR) is 74.2 cm³/mol. The van der Waals surface area contributed by atoms with Gasteiger partial charge in [-0.15, -0.1) is 16.4 Å². The molecule has 2 rings (SSSR count). The van der Waals surface area contributed by atoms with Gasteiger partial charge in [0.15, 0.2) is 0 Å². The standard InChI is InChI=1S/C12H17N3OS2/c1-4-5-9-12(18-15-14-9)10(16)6-11-13-7(2)8(3)17-11/h10,16H,4-6H2,1-3H3. The van der Waals surface area contributed by atoms with Gasteiger partial charge in [0.1, 0.15) is 0 Å². The van der Waals surface area contributed by atoms with Crippen LogP contribution in [0.1, 0.15) is 45.6 Å². The molecule has 98 valence electrons. The highest BCUT2D eigenvalue weighted by Crippen LogP contribution is 2.27.